The molecule has 0 saturated heterocycles. The maximum Gasteiger partial charge on any atom is 0.0748 e. The van der Waals surface area contributed by atoms with Gasteiger partial charge in [-0.25, -0.2) is 0 Å². The van der Waals surface area contributed by atoms with E-state index in [2.05, 4.69) is 354 Å². The minimum absolute atomic E-state index is 0.120. The molecule has 2 atom stereocenters. The molecule has 2 heteroatoms. The molecule has 15 aromatic carbocycles. The van der Waals surface area contributed by atoms with E-state index >= 15 is 0 Å². The van der Waals surface area contributed by atoms with Crippen molar-refractivity contribution in [2.24, 2.45) is 0 Å². The average molecular weight is 1260 g/mol. The molecule has 17 aromatic rings. The number of aromatic nitrogens is 2. The summed E-state index contributed by atoms with van der Waals surface area (Å²) in [6.07, 6.45) is 0. The quantitative estimate of drug-likeness (QED) is 0.156. The fraction of sp³-hybridized carbons (Fsp3) is 0.113. The van der Waals surface area contributed by atoms with Crippen LogP contribution in [0.4, 0.5) is 0 Å². The van der Waals surface area contributed by atoms with Gasteiger partial charge in [-0.15, -0.1) is 0 Å². The monoisotopic (exact) mass is 1260 g/mol. The molecule has 0 bridgehead atoms. The number of nitrogens with zero attached hydrogens (tertiary/aromatic N) is 2. The fourth-order valence-corrected chi connectivity index (χ4v) is 21.0. The first-order valence-corrected chi connectivity index (χ1v) is 35.4. The summed E-state index contributed by atoms with van der Waals surface area (Å²) in [5, 5.41) is 10.1. The average Bonchev–Trinajstić information content (AvgIpc) is 1.52. The number of fused-ring (bicyclic) bond motifs is 28. The van der Waals surface area contributed by atoms with Crippen molar-refractivity contribution in [1.29, 1.82) is 0 Å². The second-order valence-corrected chi connectivity index (χ2v) is 30.5. The van der Waals surface area contributed by atoms with E-state index in [0.717, 1.165) is 0 Å². The lowest BCUT2D eigenvalue weighted by Crippen LogP contribution is -2.44. The van der Waals surface area contributed by atoms with Crippen LogP contribution in [0.25, 0.3) is 121 Å². The van der Waals surface area contributed by atoms with Gasteiger partial charge in [0, 0.05) is 37.8 Å². The highest BCUT2D eigenvalue weighted by atomic mass is 15.0. The second kappa shape index (κ2) is 18.9. The number of hydrogen-bond acceptors (Lipinski definition) is 0. The second-order valence-electron chi connectivity index (χ2n) is 30.5. The third-order valence-electron chi connectivity index (χ3n) is 25.0. The molecule has 5 aliphatic rings. The Bertz CT molecular complexity index is 6530. The highest BCUT2D eigenvalue weighted by Crippen LogP contribution is 2.65. The molecule has 22 rings (SSSR count). The summed E-state index contributed by atoms with van der Waals surface area (Å²) < 4.78 is 5.15. The SMILES string of the molecule is CC1(C)c2ccccc2-c2ccc(-c3cccc4c3C(C)(C)c3ccccc3C43c4ccccc4-n4c5ccc(-c6ccc7cc(-c8cccc9c8C(C)(C)c8ccccc8C98c9ccccc9-n9c%10ccccc%10c%10cccc8c%109)c8ccccc8c7c6)cc5c5cccc3c54)cc21. The van der Waals surface area contributed by atoms with Crippen molar-refractivity contribution in [2.75, 3.05) is 0 Å². The Morgan fingerprint density at radius 1 is 0.212 bits per heavy atom. The molecular formula is C97H68N2. The van der Waals surface area contributed by atoms with Gasteiger partial charge in [0.2, 0.25) is 0 Å². The van der Waals surface area contributed by atoms with Crippen molar-refractivity contribution in [3.63, 3.8) is 0 Å². The van der Waals surface area contributed by atoms with Crippen molar-refractivity contribution in [2.45, 2.75) is 68.6 Å². The van der Waals surface area contributed by atoms with Gasteiger partial charge >= 0.3 is 0 Å². The number of benzene rings is 15. The van der Waals surface area contributed by atoms with Crippen LogP contribution in [0.15, 0.2) is 303 Å². The van der Waals surface area contributed by atoms with Gasteiger partial charge in [-0.1, -0.05) is 296 Å². The van der Waals surface area contributed by atoms with Crippen LogP contribution in [-0.2, 0) is 27.1 Å². The van der Waals surface area contributed by atoms with Crippen LogP contribution in [0.2, 0.25) is 0 Å². The van der Waals surface area contributed by atoms with E-state index in [9.17, 15) is 0 Å². The normalized spacial score (nSPS) is 17.9. The van der Waals surface area contributed by atoms with E-state index in [1.54, 1.807) is 0 Å². The van der Waals surface area contributed by atoms with E-state index in [0.29, 0.717) is 0 Å². The maximum atomic E-state index is 2.60. The van der Waals surface area contributed by atoms with Crippen molar-refractivity contribution in [3.05, 3.63) is 381 Å². The molecular weight excluding hydrogens is 1190 g/mol. The number of para-hydroxylation sites is 5. The molecule has 0 radical (unpaired) electrons. The molecule has 2 unspecified atom stereocenters. The van der Waals surface area contributed by atoms with Gasteiger partial charge in [0.05, 0.1) is 44.3 Å². The van der Waals surface area contributed by atoms with Crippen LogP contribution >= 0.6 is 0 Å². The number of rotatable bonds is 3. The Morgan fingerprint density at radius 2 is 0.636 bits per heavy atom. The van der Waals surface area contributed by atoms with Crippen molar-refractivity contribution in [3.8, 4) is 55.9 Å². The lowest BCUT2D eigenvalue weighted by molar-refractivity contribution is 0.557. The molecule has 0 saturated carbocycles. The highest BCUT2D eigenvalue weighted by molar-refractivity contribution is 6.18. The summed E-state index contributed by atoms with van der Waals surface area (Å²) in [5.41, 5.74) is 34.7. The van der Waals surface area contributed by atoms with Crippen LogP contribution in [0.1, 0.15) is 119 Å². The van der Waals surface area contributed by atoms with Crippen molar-refractivity contribution >= 4 is 65.2 Å². The topological polar surface area (TPSA) is 9.86 Å². The summed E-state index contributed by atoms with van der Waals surface area (Å²) in [7, 11) is 0. The zero-order chi connectivity index (χ0) is 65.8. The van der Waals surface area contributed by atoms with E-state index in [-0.39, 0.29) is 16.2 Å². The minimum Gasteiger partial charge on any atom is -0.309 e. The van der Waals surface area contributed by atoms with Crippen LogP contribution in [-0.4, -0.2) is 9.13 Å². The molecule has 0 N–H and O–H groups in total. The van der Waals surface area contributed by atoms with E-state index in [1.807, 2.05) is 0 Å². The predicted molar refractivity (Wildman–Crippen MR) is 412 cm³/mol. The van der Waals surface area contributed by atoms with Crippen molar-refractivity contribution < 1.29 is 0 Å². The zero-order valence-electron chi connectivity index (χ0n) is 56.3. The Morgan fingerprint density at radius 3 is 1.28 bits per heavy atom. The first kappa shape index (κ1) is 55.5. The maximum absolute atomic E-state index is 2.60. The molecule has 2 spiro atoms. The molecule has 466 valence electrons. The largest absolute Gasteiger partial charge is 0.309 e. The Balaban J connectivity index is 0.723. The van der Waals surface area contributed by atoms with Crippen LogP contribution in [0.3, 0.4) is 0 Å². The lowest BCUT2D eigenvalue weighted by Gasteiger charge is -2.50. The summed E-state index contributed by atoms with van der Waals surface area (Å²) in [6, 6.07) is 118. The van der Waals surface area contributed by atoms with Gasteiger partial charge in [0.15, 0.2) is 0 Å². The van der Waals surface area contributed by atoms with E-state index < -0.39 is 10.8 Å². The van der Waals surface area contributed by atoms with E-state index in [1.165, 1.54) is 199 Å². The first-order chi connectivity index (χ1) is 48.4. The Hall–Kier alpha value is -11.6. The first-order valence-electron chi connectivity index (χ1n) is 35.4. The summed E-state index contributed by atoms with van der Waals surface area (Å²) in [4.78, 5) is 0. The molecule has 2 aliphatic heterocycles. The van der Waals surface area contributed by atoms with Gasteiger partial charge < -0.3 is 9.13 Å². The molecule has 0 fully saturated rings. The van der Waals surface area contributed by atoms with Crippen LogP contribution in [0, 0.1) is 0 Å². The van der Waals surface area contributed by atoms with Gasteiger partial charge in [-0.2, -0.15) is 0 Å². The van der Waals surface area contributed by atoms with Gasteiger partial charge in [-0.3, -0.25) is 0 Å². The van der Waals surface area contributed by atoms with Gasteiger partial charge in [0.25, 0.3) is 0 Å². The molecule has 2 nitrogen and oxygen atoms in total. The molecule has 3 aliphatic carbocycles. The minimum atomic E-state index is -0.621. The molecule has 0 amide bonds. The lowest BCUT2D eigenvalue weighted by atomic mass is 9.52. The molecule has 2 aromatic heterocycles. The third-order valence-corrected chi connectivity index (χ3v) is 25.0. The highest BCUT2D eigenvalue weighted by Gasteiger charge is 2.56. The molecule has 4 heterocycles. The predicted octanol–water partition coefficient (Wildman–Crippen LogP) is 24.2. The van der Waals surface area contributed by atoms with Crippen molar-refractivity contribution in [1.82, 2.24) is 9.13 Å². The van der Waals surface area contributed by atoms with Crippen LogP contribution < -0.4 is 0 Å². The van der Waals surface area contributed by atoms with Gasteiger partial charge in [0.1, 0.15) is 0 Å². The summed E-state index contributed by atoms with van der Waals surface area (Å²) >= 11 is 0. The smallest absolute Gasteiger partial charge is 0.0748 e. The zero-order valence-corrected chi connectivity index (χ0v) is 56.3. The fourth-order valence-electron chi connectivity index (χ4n) is 21.0. The third kappa shape index (κ3) is 6.65. The Kier molecular flexibility index (Phi) is 10.6. The standard InChI is InChI=1S/C97H68N2/c1-93(2)73-33-11-9-27-64(73)65-51-49-60(56-84(65)93)61-29-21-40-80-89(61)94(3,4)74-34-12-14-36-76(74)96(80)79-39-17-20-46-88(79)99-86-52-50-58(54-72(86)69-32-24-43-83(96)92(69)99)57-47-48-59-55-71(63-26-8-7-25-62(63)70(59)53-57)67-30-22-41-81-90(67)95(5,6)75-35-13-15-37-77(75)97(81)78-38-16-19-45-87(78)98-85-44-18-10-28-66(85)68-31-23-42-82(97)91(68)98/h7-56H,1-6H3. The summed E-state index contributed by atoms with van der Waals surface area (Å²) in [5.74, 6) is 0. The van der Waals surface area contributed by atoms with E-state index in [4.69, 9.17) is 0 Å². The Labute approximate surface area is 576 Å². The van der Waals surface area contributed by atoms with Gasteiger partial charge in [-0.05, 0) is 192 Å². The summed E-state index contributed by atoms with van der Waals surface area (Å²) in [6.45, 7) is 14.7. The molecule has 99 heavy (non-hydrogen) atoms. The number of hydrogen-bond donors (Lipinski definition) is 0. The van der Waals surface area contributed by atoms with Crippen LogP contribution in [0.5, 0.6) is 0 Å².